The van der Waals surface area contributed by atoms with Crippen LogP contribution in [-0.2, 0) is 58.5 Å². The van der Waals surface area contributed by atoms with Crippen molar-refractivity contribution in [3.63, 3.8) is 0 Å². The van der Waals surface area contributed by atoms with Crippen molar-refractivity contribution < 1.29 is 84.1 Å². The summed E-state index contributed by atoms with van der Waals surface area (Å²) in [5, 5.41) is 24.7. The van der Waals surface area contributed by atoms with Gasteiger partial charge in [-0.2, -0.15) is 17.5 Å². The fraction of sp³-hybridized carbons (Fsp3) is 0.500. The van der Waals surface area contributed by atoms with Crippen LogP contribution in [0.15, 0.2) is 53.2 Å². The van der Waals surface area contributed by atoms with Crippen LogP contribution in [0.2, 0.25) is 0 Å². The molecular weight excluding hydrogens is 976 g/mol. The first kappa shape index (κ1) is 58.9. The predicted molar refractivity (Wildman–Crippen MR) is 244 cm³/mol. The van der Waals surface area contributed by atoms with E-state index in [4.69, 9.17) is 34.6 Å². The number of carbonyl (C=O) groups excluding carboxylic acids is 4. The number of amides is 4. The Labute approximate surface area is 405 Å². The van der Waals surface area contributed by atoms with Crippen molar-refractivity contribution in [1.82, 2.24) is 25.5 Å². The van der Waals surface area contributed by atoms with Crippen molar-refractivity contribution in [3.8, 4) is 16.9 Å². The van der Waals surface area contributed by atoms with Crippen LogP contribution in [0.5, 0.6) is 5.75 Å². The van der Waals surface area contributed by atoms with Crippen LogP contribution in [0, 0.1) is 17.6 Å². The van der Waals surface area contributed by atoms with Crippen LogP contribution >= 0.6 is 0 Å². The molecule has 71 heavy (non-hydrogen) atoms. The van der Waals surface area contributed by atoms with Gasteiger partial charge < -0.3 is 55.7 Å². The Kier molecular flexibility index (Phi) is 23.6. The van der Waals surface area contributed by atoms with E-state index < -0.39 is 93.6 Å². The zero-order valence-corrected chi connectivity index (χ0v) is 40.0. The quantitative estimate of drug-likeness (QED) is 0.0523. The minimum Gasteiger partial charge on any atom is -0.496 e. The molecule has 1 saturated heterocycles. The lowest BCUT2D eigenvalue weighted by molar-refractivity contribution is -0.192. The van der Waals surface area contributed by atoms with Gasteiger partial charge in [0.05, 0.1) is 74.9 Å². The number of hydrogen-bond donors (Lipinski definition) is 6. The van der Waals surface area contributed by atoms with Gasteiger partial charge in [-0.25, -0.2) is 27.8 Å². The van der Waals surface area contributed by atoms with Gasteiger partial charge in [0.15, 0.2) is 0 Å². The fourth-order valence-corrected chi connectivity index (χ4v) is 8.01. The summed E-state index contributed by atoms with van der Waals surface area (Å²) in [6.45, 7) is 5.40. The molecule has 1 aromatic carbocycles. The molecule has 0 aliphatic carbocycles. The van der Waals surface area contributed by atoms with Crippen molar-refractivity contribution in [2.75, 3.05) is 71.4 Å². The Balaban J connectivity index is 0.00000176. The lowest BCUT2D eigenvalue weighted by Gasteiger charge is -2.29. The number of halogens is 5. The molecule has 3 aromatic rings. The second-order valence-electron chi connectivity index (χ2n) is 15.9. The van der Waals surface area contributed by atoms with E-state index in [0.29, 0.717) is 43.9 Å². The van der Waals surface area contributed by atoms with E-state index in [1.54, 1.807) is 26.0 Å². The van der Waals surface area contributed by atoms with Crippen LogP contribution in [-0.4, -0.2) is 155 Å². The maximum Gasteiger partial charge on any atom is 0.490 e. The van der Waals surface area contributed by atoms with Gasteiger partial charge in [-0.15, -0.1) is 0 Å². The highest BCUT2D eigenvalue weighted by molar-refractivity contribution is 7.92. The third-order valence-electron chi connectivity index (χ3n) is 9.91. The molecular formula is C44H57F5N8O13S. The molecule has 7 N–H and O–H groups in total. The van der Waals surface area contributed by atoms with Gasteiger partial charge in [0, 0.05) is 49.2 Å². The lowest BCUT2D eigenvalue weighted by Crippen LogP contribution is -2.56. The summed E-state index contributed by atoms with van der Waals surface area (Å²) in [6, 6.07) is 4.41. The second kappa shape index (κ2) is 28.4. The SMILES string of the molecule is COc1cc(F)ccc1-c1cc(Nc2cc(C[S@](C)(=O)=NC(=O)[C@@H](NC(=O)[C@@H]3CCCN3C(=O)[C@H](CC(=O)O)NC(=O)CCOCCOCCOCCN)C(C)C)ccn2)ncc1F.O=C(O)C(F)(F)F. The highest BCUT2D eigenvalue weighted by Crippen LogP contribution is 2.34. The monoisotopic (exact) mass is 1030 g/mol. The van der Waals surface area contributed by atoms with E-state index in [1.807, 2.05) is 0 Å². The number of methoxy groups -OCH3 is 1. The first-order valence-corrected chi connectivity index (χ1v) is 23.9. The van der Waals surface area contributed by atoms with Crippen LogP contribution < -0.4 is 26.4 Å². The van der Waals surface area contributed by atoms with E-state index in [-0.39, 0.29) is 67.9 Å². The largest absolute Gasteiger partial charge is 0.496 e. The normalized spacial score (nSPS) is 15.1. The van der Waals surface area contributed by atoms with E-state index in [0.717, 1.165) is 12.3 Å². The minimum absolute atomic E-state index is 0.0180. The Morgan fingerprint density at radius 1 is 0.915 bits per heavy atom. The number of pyridine rings is 2. The maximum absolute atomic E-state index is 14.9. The first-order chi connectivity index (χ1) is 33.5. The summed E-state index contributed by atoms with van der Waals surface area (Å²) < 4.78 is 99.4. The summed E-state index contributed by atoms with van der Waals surface area (Å²) in [7, 11) is -1.93. The molecule has 1 fully saturated rings. The molecule has 1 aliphatic rings. The molecule has 2 aromatic heterocycles. The molecule has 3 heterocycles. The van der Waals surface area contributed by atoms with Crippen molar-refractivity contribution in [3.05, 3.63) is 66.0 Å². The molecule has 27 heteroatoms. The first-order valence-electron chi connectivity index (χ1n) is 21.8. The van der Waals surface area contributed by atoms with Gasteiger partial charge in [-0.3, -0.25) is 24.0 Å². The number of carboxylic acids is 2. The average molecular weight is 1030 g/mol. The molecule has 4 amide bonds. The number of anilines is 2. The molecule has 0 spiro atoms. The van der Waals surface area contributed by atoms with Gasteiger partial charge >= 0.3 is 18.1 Å². The number of aliphatic carboxylic acids is 2. The van der Waals surface area contributed by atoms with Crippen LogP contribution in [0.25, 0.3) is 11.1 Å². The van der Waals surface area contributed by atoms with Crippen molar-refractivity contribution in [1.29, 1.82) is 0 Å². The van der Waals surface area contributed by atoms with Crippen LogP contribution in [0.1, 0.15) is 45.1 Å². The van der Waals surface area contributed by atoms with Crippen molar-refractivity contribution in [2.45, 2.75) is 69.6 Å². The number of ether oxygens (including phenoxy) is 4. The number of nitrogens with two attached hydrogens (primary N) is 1. The van der Waals surface area contributed by atoms with E-state index in [9.17, 15) is 55.2 Å². The standard InChI is InChI=1S/C42H56F2N8O11S.C2HF3O2/c1-26(2)39(50-40(56)33-6-5-13-52(33)42(58)32(23-38(54)55)48-37(53)10-14-61-16-18-63-19-17-62-15-11-45)41(57)51-64(4,59)25-27-9-12-46-35(20-27)49-36-22-30(31(44)24-47-36)29-8-7-28(43)21-34(29)60-3;3-2(4,5)1(6)7/h7-9,12,20-22,24,26,32-33,39H,5-6,10-11,13-19,23,25,45H2,1-4H3,(H,48,53)(H,50,56)(H,54,55)(H,46,47,49);(H,6,7)/t32-,33-,39-,64-;/m0./s1. The summed E-state index contributed by atoms with van der Waals surface area (Å²) in [5.41, 5.74) is 6.19. The molecule has 0 unspecified atom stereocenters. The third kappa shape index (κ3) is 20.1. The number of rotatable bonds is 25. The maximum atomic E-state index is 14.9. The van der Waals surface area contributed by atoms with Gasteiger partial charge in [0.1, 0.15) is 47.1 Å². The lowest BCUT2D eigenvalue weighted by atomic mass is 10.0. The Bertz CT molecular complexity index is 2440. The number of aromatic nitrogens is 2. The Morgan fingerprint density at radius 3 is 2.15 bits per heavy atom. The smallest absolute Gasteiger partial charge is 0.490 e. The highest BCUT2D eigenvalue weighted by atomic mass is 32.2. The minimum atomic E-state index is -5.08. The topological polar surface area (TPSA) is 300 Å². The summed E-state index contributed by atoms with van der Waals surface area (Å²) in [4.78, 5) is 83.8. The third-order valence-corrected chi connectivity index (χ3v) is 11.3. The average Bonchev–Trinajstić information content (AvgIpc) is 3.79. The molecule has 1 aliphatic heterocycles. The number of nitrogens with zero attached hydrogens (tertiary/aromatic N) is 4. The van der Waals surface area contributed by atoms with E-state index in [1.165, 1.54) is 42.7 Å². The number of likely N-dealkylation sites (tertiary alicyclic amines) is 1. The molecule has 4 atom stereocenters. The molecule has 0 saturated carbocycles. The Morgan fingerprint density at radius 2 is 1.55 bits per heavy atom. The zero-order chi connectivity index (χ0) is 52.9. The van der Waals surface area contributed by atoms with Gasteiger partial charge in [0.25, 0.3) is 5.91 Å². The second-order valence-corrected chi connectivity index (χ2v) is 18.3. The predicted octanol–water partition coefficient (Wildman–Crippen LogP) is 3.42. The number of alkyl halides is 3. The van der Waals surface area contributed by atoms with Gasteiger partial charge in [-0.05, 0) is 54.7 Å². The zero-order valence-electron chi connectivity index (χ0n) is 39.2. The van der Waals surface area contributed by atoms with Crippen LogP contribution in [0.3, 0.4) is 0 Å². The van der Waals surface area contributed by atoms with Gasteiger partial charge in [-0.1, -0.05) is 13.8 Å². The molecule has 21 nitrogen and oxygen atoms in total. The van der Waals surface area contributed by atoms with Crippen molar-refractivity contribution in [2.24, 2.45) is 16.0 Å². The van der Waals surface area contributed by atoms with Crippen LogP contribution in [0.4, 0.5) is 33.6 Å². The van der Waals surface area contributed by atoms with E-state index in [2.05, 4.69) is 30.3 Å². The summed E-state index contributed by atoms with van der Waals surface area (Å²) in [5.74, 6) is -8.48. The molecule has 4 rings (SSSR count). The molecule has 0 radical (unpaired) electrons. The van der Waals surface area contributed by atoms with Gasteiger partial charge in [0.2, 0.25) is 17.7 Å². The number of nitrogens with one attached hydrogen (secondary N) is 3. The highest BCUT2D eigenvalue weighted by Gasteiger charge is 2.40. The summed E-state index contributed by atoms with van der Waals surface area (Å²) in [6.07, 6.45) is -1.69. The number of benzene rings is 1. The summed E-state index contributed by atoms with van der Waals surface area (Å²) >= 11 is 0. The fourth-order valence-electron chi connectivity index (χ4n) is 6.65. The van der Waals surface area contributed by atoms with Crippen molar-refractivity contribution >= 4 is 56.9 Å². The number of carbonyl (C=O) groups is 6. The molecule has 0 bridgehead atoms. The molecule has 392 valence electrons. The van der Waals surface area contributed by atoms with E-state index >= 15 is 0 Å². The number of hydrogen-bond acceptors (Lipinski definition) is 15. The Hall–Kier alpha value is -6.42. The number of carboxylic acid groups (broad SMARTS) is 2.